The van der Waals surface area contributed by atoms with E-state index in [0.29, 0.717) is 55.3 Å². The lowest BCUT2D eigenvalue weighted by Gasteiger charge is -2.26. The second-order valence-electron chi connectivity index (χ2n) is 16.3. The van der Waals surface area contributed by atoms with E-state index in [1.165, 1.54) is 19.3 Å². The number of ether oxygens (including phenoxy) is 2. The van der Waals surface area contributed by atoms with E-state index in [-0.39, 0.29) is 18.2 Å². The summed E-state index contributed by atoms with van der Waals surface area (Å²) in [5.41, 5.74) is 1.67. The quantitative estimate of drug-likeness (QED) is 0.255. The summed E-state index contributed by atoms with van der Waals surface area (Å²) in [6, 6.07) is 5.74. The number of methoxy groups -OCH3 is 1. The molecule has 2 N–H and O–H groups in total. The zero-order valence-corrected chi connectivity index (χ0v) is 33.5. The Balaban J connectivity index is 1.10. The highest BCUT2D eigenvalue weighted by atomic mass is 32.2. The molecule has 8 rings (SSSR count). The molecule has 4 unspecified atom stereocenters. The molecule has 55 heavy (non-hydrogen) atoms. The van der Waals surface area contributed by atoms with Crippen LogP contribution >= 0.6 is 11.3 Å². The molecule has 0 saturated heterocycles. The molecule has 14 heteroatoms. The molecule has 3 amide bonds. The summed E-state index contributed by atoms with van der Waals surface area (Å²) < 4.78 is 40.4. The van der Waals surface area contributed by atoms with E-state index >= 15 is 0 Å². The number of sulfonamides is 1. The largest absolute Gasteiger partial charge is 0.496 e. The number of hydrogen-bond donors (Lipinski definition) is 2. The van der Waals surface area contributed by atoms with Gasteiger partial charge in [-0.3, -0.25) is 19.1 Å². The van der Waals surface area contributed by atoms with Crippen molar-refractivity contribution in [1.29, 1.82) is 0 Å². The van der Waals surface area contributed by atoms with Crippen LogP contribution in [-0.4, -0.2) is 78.6 Å². The van der Waals surface area contributed by atoms with Crippen LogP contribution in [0.25, 0.3) is 22.3 Å². The van der Waals surface area contributed by atoms with Crippen molar-refractivity contribution in [3.63, 3.8) is 0 Å². The summed E-state index contributed by atoms with van der Waals surface area (Å²) >= 11 is 1.68. The predicted molar refractivity (Wildman–Crippen MR) is 210 cm³/mol. The normalized spacial score (nSPS) is 28.5. The van der Waals surface area contributed by atoms with Crippen LogP contribution in [0, 0.1) is 24.7 Å². The second kappa shape index (κ2) is 15.1. The summed E-state index contributed by atoms with van der Waals surface area (Å²) in [5, 5.41) is 6.39. The van der Waals surface area contributed by atoms with Crippen LogP contribution in [0.4, 0.5) is 0 Å². The van der Waals surface area contributed by atoms with Gasteiger partial charge >= 0.3 is 0 Å². The Morgan fingerprint density at radius 3 is 2.55 bits per heavy atom. The van der Waals surface area contributed by atoms with Crippen LogP contribution in [0.1, 0.15) is 100.0 Å². The van der Waals surface area contributed by atoms with Crippen molar-refractivity contribution in [3.05, 3.63) is 46.3 Å². The molecule has 5 atom stereocenters. The molecular weight excluding hydrogens is 739 g/mol. The molecule has 4 aliphatic carbocycles. The number of nitrogens with zero attached hydrogens (tertiary/aromatic N) is 3. The zero-order valence-electron chi connectivity index (χ0n) is 31.8. The minimum absolute atomic E-state index is 0.139. The Morgan fingerprint density at radius 2 is 1.78 bits per heavy atom. The summed E-state index contributed by atoms with van der Waals surface area (Å²) in [7, 11) is -0.422. The summed E-state index contributed by atoms with van der Waals surface area (Å²) in [4.78, 5) is 54.0. The summed E-state index contributed by atoms with van der Waals surface area (Å²) in [6.45, 7) is 2.53. The van der Waals surface area contributed by atoms with Crippen molar-refractivity contribution in [2.45, 2.75) is 113 Å². The number of hydrogen-bond acceptors (Lipinski definition) is 10. The molecule has 1 aliphatic heterocycles. The van der Waals surface area contributed by atoms with Gasteiger partial charge in [0.05, 0.1) is 46.1 Å². The molecule has 1 aromatic carbocycles. The maximum Gasteiger partial charge on any atom is 0.259 e. The third-order valence-corrected chi connectivity index (χ3v) is 15.2. The third-order valence-electron chi connectivity index (χ3n) is 12.4. The molecule has 294 valence electrons. The van der Waals surface area contributed by atoms with E-state index in [2.05, 4.69) is 15.4 Å². The van der Waals surface area contributed by atoms with Crippen molar-refractivity contribution >= 4 is 50.0 Å². The molecule has 3 aromatic rings. The number of amides is 3. The van der Waals surface area contributed by atoms with E-state index < -0.39 is 50.6 Å². The lowest BCUT2D eigenvalue weighted by molar-refractivity contribution is -0.140. The van der Waals surface area contributed by atoms with E-state index in [9.17, 15) is 22.8 Å². The van der Waals surface area contributed by atoms with Crippen LogP contribution in [0.2, 0.25) is 0 Å². The number of nitrogens with one attached hydrogen (secondary N) is 2. The molecule has 12 nitrogen and oxygen atoms in total. The zero-order chi connectivity index (χ0) is 38.5. The molecule has 2 aromatic heterocycles. The van der Waals surface area contributed by atoms with Crippen LogP contribution < -0.4 is 19.5 Å². The molecule has 0 spiro atoms. The highest BCUT2D eigenvalue weighted by Crippen LogP contribution is 2.47. The van der Waals surface area contributed by atoms with Gasteiger partial charge in [0.2, 0.25) is 21.8 Å². The molecule has 5 aliphatic rings. The van der Waals surface area contributed by atoms with Crippen molar-refractivity contribution in [2.24, 2.45) is 17.8 Å². The minimum atomic E-state index is -3.83. The number of benzene rings is 1. The fourth-order valence-corrected chi connectivity index (χ4v) is 11.2. The smallest absolute Gasteiger partial charge is 0.259 e. The second-order valence-corrected chi connectivity index (χ2v) is 19.1. The maximum atomic E-state index is 14.4. The monoisotopic (exact) mass is 789 g/mol. The highest BCUT2D eigenvalue weighted by molar-refractivity contribution is 7.91. The standard InChI is InChI=1S/C41H51N5O7S2/c1-24-34(52-3)17-16-29-35(21-32(42-36(24)29)33-23-54-38(43-33)25-11-7-6-8-12-25)53-27-19-30-31(20-27)39(48)46(2)18-10-5-4-9-13-26-22-41(26,44-37(30)47)40(49)45-55(50,51)28-14-15-28/h9,13,16-17,21,23,25-28,30-31H,4-8,10-12,14-15,18-20,22H2,1-3H3,(H,44,47)(H,45,49)/b13-9-/t26-,27?,30?,31?,41?/m0/s1. The number of aromatic nitrogens is 2. The van der Waals surface area contributed by atoms with Gasteiger partial charge < -0.3 is 19.7 Å². The van der Waals surface area contributed by atoms with E-state index in [1.54, 1.807) is 30.4 Å². The van der Waals surface area contributed by atoms with Crippen molar-refractivity contribution in [1.82, 2.24) is 24.9 Å². The summed E-state index contributed by atoms with van der Waals surface area (Å²) in [5.74, 6) is -1.36. The average Bonchev–Trinajstić information content (AvgIpc) is 4.06. The van der Waals surface area contributed by atoms with Gasteiger partial charge in [0.15, 0.2) is 0 Å². The number of carbonyl (C=O) groups is 3. The van der Waals surface area contributed by atoms with Gasteiger partial charge in [0, 0.05) is 47.8 Å². The summed E-state index contributed by atoms with van der Waals surface area (Å²) in [6.07, 6.45) is 13.7. The predicted octanol–water partition coefficient (Wildman–Crippen LogP) is 6.18. The number of rotatable bonds is 8. The molecule has 0 bridgehead atoms. The average molecular weight is 790 g/mol. The van der Waals surface area contributed by atoms with Gasteiger partial charge in [0.25, 0.3) is 5.91 Å². The van der Waals surface area contributed by atoms with Gasteiger partial charge in [-0.2, -0.15) is 0 Å². The van der Waals surface area contributed by atoms with Crippen molar-refractivity contribution in [3.8, 4) is 22.9 Å². The molecule has 4 saturated carbocycles. The topological polar surface area (TPSA) is 157 Å². The number of aryl methyl sites for hydroxylation is 1. The minimum Gasteiger partial charge on any atom is -0.496 e. The van der Waals surface area contributed by atoms with Gasteiger partial charge in [-0.1, -0.05) is 31.4 Å². The van der Waals surface area contributed by atoms with Crippen LogP contribution in [0.15, 0.2) is 35.7 Å². The highest BCUT2D eigenvalue weighted by Gasteiger charge is 2.62. The number of carbonyl (C=O) groups excluding carboxylic acids is 3. The lowest BCUT2D eigenvalue weighted by Crippen LogP contribution is -2.54. The van der Waals surface area contributed by atoms with Crippen LogP contribution in [-0.2, 0) is 24.4 Å². The van der Waals surface area contributed by atoms with Gasteiger partial charge in [-0.15, -0.1) is 11.3 Å². The first kappa shape index (κ1) is 37.9. The molecule has 0 radical (unpaired) electrons. The fourth-order valence-electron chi connectivity index (χ4n) is 8.84. The number of allylic oxidation sites excluding steroid dienone is 1. The Hall–Kier alpha value is -4.04. The van der Waals surface area contributed by atoms with Crippen molar-refractivity contribution < 1.29 is 32.3 Å². The van der Waals surface area contributed by atoms with Crippen LogP contribution in [0.5, 0.6) is 11.5 Å². The first-order chi connectivity index (χ1) is 26.5. The third kappa shape index (κ3) is 7.60. The van der Waals surface area contributed by atoms with Crippen molar-refractivity contribution in [2.75, 3.05) is 20.7 Å². The lowest BCUT2D eigenvalue weighted by atomic mass is 9.90. The first-order valence-electron chi connectivity index (χ1n) is 19.9. The number of pyridine rings is 1. The molecular formula is C41H51N5O7S2. The molecule has 4 fully saturated rings. The number of thiazole rings is 1. The molecule has 3 heterocycles. The van der Waals surface area contributed by atoms with E-state index in [1.807, 2.05) is 37.3 Å². The number of fused-ring (bicyclic) bond motifs is 3. The van der Waals surface area contributed by atoms with Gasteiger partial charge in [0.1, 0.15) is 23.1 Å². The van der Waals surface area contributed by atoms with Gasteiger partial charge in [-0.25, -0.2) is 18.4 Å². The Morgan fingerprint density at radius 1 is 1.00 bits per heavy atom. The maximum absolute atomic E-state index is 14.4. The first-order valence-corrected chi connectivity index (χ1v) is 22.3. The van der Waals surface area contributed by atoms with Crippen LogP contribution in [0.3, 0.4) is 0 Å². The van der Waals surface area contributed by atoms with E-state index in [4.69, 9.17) is 19.4 Å². The Bertz CT molecular complexity index is 2130. The van der Waals surface area contributed by atoms with Gasteiger partial charge in [-0.05, 0) is 83.3 Å². The Labute approximate surface area is 326 Å². The SMILES string of the molecule is COc1ccc2c(OC3CC4C(=O)NC5(C(=O)NS(=O)(=O)C6CC6)C[C@@H]5/C=C\CCCCN(C)C(=O)C4C3)cc(-c3csc(C4CCCCC4)n3)nc2c1C. The Kier molecular flexibility index (Phi) is 10.4. The fraction of sp³-hybridized carbons (Fsp3) is 0.585. The van der Waals surface area contributed by atoms with E-state index in [0.717, 1.165) is 59.3 Å².